The van der Waals surface area contributed by atoms with Gasteiger partial charge in [-0.1, -0.05) is 0 Å². The monoisotopic (exact) mass is 338 g/mol. The zero-order valence-electron chi connectivity index (χ0n) is 14.2. The van der Waals surface area contributed by atoms with E-state index in [0.717, 1.165) is 0 Å². The molecule has 132 valence electrons. The molecule has 1 fully saturated rings. The quantitative estimate of drug-likeness (QED) is 0.853. The number of anilines is 1. The van der Waals surface area contributed by atoms with Crippen molar-refractivity contribution in [2.75, 3.05) is 39.7 Å². The number of methoxy groups -OCH3 is 3. The molecule has 1 unspecified atom stereocenters. The van der Waals surface area contributed by atoms with E-state index in [-0.39, 0.29) is 12.6 Å². The molecule has 0 radical (unpaired) electrons. The van der Waals surface area contributed by atoms with Crippen LogP contribution in [0.2, 0.25) is 0 Å². The summed E-state index contributed by atoms with van der Waals surface area (Å²) in [5.74, 6) is 0.445. The molecular formula is C16H22N2O6. The second-order valence-corrected chi connectivity index (χ2v) is 5.87. The van der Waals surface area contributed by atoms with E-state index in [9.17, 15) is 14.7 Å². The third kappa shape index (κ3) is 3.32. The fourth-order valence-corrected chi connectivity index (χ4v) is 2.63. The number of aliphatic carboxylic acids is 1. The van der Waals surface area contributed by atoms with E-state index in [2.05, 4.69) is 5.32 Å². The smallest absolute Gasteiger partial charge is 0.321 e. The molecule has 1 aromatic rings. The second kappa shape index (κ2) is 6.86. The Morgan fingerprint density at radius 3 is 2.21 bits per heavy atom. The van der Waals surface area contributed by atoms with Gasteiger partial charge in [-0.25, -0.2) is 4.79 Å². The van der Waals surface area contributed by atoms with Crippen LogP contribution in [0.5, 0.6) is 17.2 Å². The number of carboxylic acids is 1. The Labute approximate surface area is 140 Å². The van der Waals surface area contributed by atoms with Crippen molar-refractivity contribution in [2.45, 2.75) is 13.3 Å². The molecule has 1 heterocycles. The number of carbonyl (C=O) groups is 2. The summed E-state index contributed by atoms with van der Waals surface area (Å²) in [6.45, 7) is 2.17. The lowest BCUT2D eigenvalue weighted by Crippen LogP contribution is -2.37. The largest absolute Gasteiger partial charge is 0.494 e. The molecule has 2 amide bonds. The van der Waals surface area contributed by atoms with Crippen molar-refractivity contribution in [3.8, 4) is 17.2 Å². The van der Waals surface area contributed by atoms with Gasteiger partial charge in [0.1, 0.15) is 5.75 Å². The van der Waals surface area contributed by atoms with Crippen LogP contribution >= 0.6 is 0 Å². The van der Waals surface area contributed by atoms with Gasteiger partial charge in [0.05, 0.1) is 32.4 Å². The highest BCUT2D eigenvalue weighted by Gasteiger charge is 2.42. The van der Waals surface area contributed by atoms with Crippen molar-refractivity contribution in [3.63, 3.8) is 0 Å². The number of ether oxygens (including phenoxy) is 3. The van der Waals surface area contributed by atoms with Crippen LogP contribution in [0.4, 0.5) is 10.5 Å². The predicted molar refractivity (Wildman–Crippen MR) is 87.0 cm³/mol. The highest BCUT2D eigenvalue weighted by Crippen LogP contribution is 2.38. The van der Waals surface area contributed by atoms with Crippen molar-refractivity contribution in [2.24, 2.45) is 5.41 Å². The summed E-state index contributed by atoms with van der Waals surface area (Å²) in [6.07, 6.45) is 0.415. The minimum absolute atomic E-state index is 0.157. The molecule has 0 spiro atoms. The van der Waals surface area contributed by atoms with Crippen LogP contribution in [0.3, 0.4) is 0 Å². The van der Waals surface area contributed by atoms with Crippen LogP contribution in [0.25, 0.3) is 0 Å². The molecule has 24 heavy (non-hydrogen) atoms. The molecule has 1 saturated heterocycles. The zero-order chi connectivity index (χ0) is 17.9. The number of nitrogens with one attached hydrogen (secondary N) is 1. The minimum atomic E-state index is -0.918. The van der Waals surface area contributed by atoms with Gasteiger partial charge in [0, 0.05) is 25.2 Å². The van der Waals surface area contributed by atoms with Crippen molar-refractivity contribution in [1.29, 1.82) is 0 Å². The number of rotatable bonds is 5. The first-order chi connectivity index (χ1) is 11.3. The van der Waals surface area contributed by atoms with E-state index in [4.69, 9.17) is 14.2 Å². The molecule has 1 atom stereocenters. The maximum absolute atomic E-state index is 12.4. The lowest BCUT2D eigenvalue weighted by molar-refractivity contribution is -0.146. The van der Waals surface area contributed by atoms with Crippen molar-refractivity contribution in [3.05, 3.63) is 12.1 Å². The van der Waals surface area contributed by atoms with Crippen LogP contribution in [-0.4, -0.2) is 56.4 Å². The van der Waals surface area contributed by atoms with Crippen LogP contribution < -0.4 is 19.5 Å². The molecular weight excluding hydrogens is 316 g/mol. The number of hydrogen-bond donors (Lipinski definition) is 2. The number of urea groups is 1. The molecule has 0 aromatic heterocycles. The fourth-order valence-electron chi connectivity index (χ4n) is 2.63. The van der Waals surface area contributed by atoms with E-state index >= 15 is 0 Å². The number of carbonyl (C=O) groups excluding carboxylic acids is 1. The molecule has 1 aliphatic rings. The first kappa shape index (κ1) is 17.7. The maximum Gasteiger partial charge on any atom is 0.321 e. The van der Waals surface area contributed by atoms with Gasteiger partial charge >= 0.3 is 12.0 Å². The number of benzene rings is 1. The summed E-state index contributed by atoms with van der Waals surface area (Å²) in [6, 6.07) is 2.83. The molecule has 2 rings (SSSR count). The molecule has 8 heteroatoms. The zero-order valence-corrected chi connectivity index (χ0v) is 14.2. The molecule has 0 bridgehead atoms. The average molecular weight is 338 g/mol. The first-order valence-electron chi connectivity index (χ1n) is 7.44. The van der Waals surface area contributed by atoms with E-state index in [1.807, 2.05) is 0 Å². The third-order valence-corrected chi connectivity index (χ3v) is 4.22. The molecule has 2 N–H and O–H groups in total. The molecule has 1 aliphatic heterocycles. The average Bonchev–Trinajstić information content (AvgIpc) is 2.98. The third-order valence-electron chi connectivity index (χ3n) is 4.22. The SMILES string of the molecule is COc1cc(OC)c(OC)cc1NC(=O)N1CCC(C)(C(=O)O)C1. The standard InChI is InChI=1S/C16H22N2O6/c1-16(14(19)20)5-6-18(9-16)15(21)17-10-7-12(23-3)13(24-4)8-11(10)22-2/h7-8H,5-6,9H2,1-4H3,(H,17,21)(H,19,20). The van der Waals surface area contributed by atoms with Crippen LogP contribution in [0.1, 0.15) is 13.3 Å². The number of nitrogens with zero attached hydrogens (tertiary/aromatic N) is 1. The van der Waals surface area contributed by atoms with Crippen LogP contribution in [-0.2, 0) is 4.79 Å². The van der Waals surface area contributed by atoms with Crippen molar-refractivity contribution in [1.82, 2.24) is 4.90 Å². The van der Waals surface area contributed by atoms with Crippen LogP contribution in [0, 0.1) is 5.41 Å². The Morgan fingerprint density at radius 2 is 1.71 bits per heavy atom. The summed E-state index contributed by atoms with van der Waals surface area (Å²) in [5, 5.41) is 12.0. The van der Waals surface area contributed by atoms with Crippen LogP contribution in [0.15, 0.2) is 12.1 Å². The topological polar surface area (TPSA) is 97.3 Å². The van der Waals surface area contributed by atoms with Gasteiger partial charge in [0.2, 0.25) is 0 Å². The Morgan fingerprint density at radius 1 is 1.12 bits per heavy atom. The maximum atomic E-state index is 12.4. The summed E-state index contributed by atoms with van der Waals surface area (Å²) in [7, 11) is 4.48. The molecule has 8 nitrogen and oxygen atoms in total. The molecule has 0 aliphatic carbocycles. The van der Waals surface area contributed by atoms with Gasteiger partial charge in [0.15, 0.2) is 11.5 Å². The van der Waals surface area contributed by atoms with Gasteiger partial charge < -0.3 is 29.5 Å². The van der Waals surface area contributed by atoms with Gasteiger partial charge in [-0.15, -0.1) is 0 Å². The van der Waals surface area contributed by atoms with E-state index in [1.165, 1.54) is 26.2 Å². The predicted octanol–water partition coefficient (Wildman–Crippen LogP) is 2.04. The summed E-state index contributed by atoms with van der Waals surface area (Å²) < 4.78 is 15.7. The van der Waals surface area contributed by atoms with Gasteiger partial charge in [-0.3, -0.25) is 4.79 Å². The second-order valence-electron chi connectivity index (χ2n) is 5.87. The normalized spacial score (nSPS) is 19.8. The highest BCUT2D eigenvalue weighted by atomic mass is 16.5. The Bertz CT molecular complexity index is 648. The fraction of sp³-hybridized carbons (Fsp3) is 0.500. The Kier molecular flexibility index (Phi) is 5.06. The van der Waals surface area contributed by atoms with Crippen molar-refractivity contribution < 1.29 is 28.9 Å². The van der Waals surface area contributed by atoms with Gasteiger partial charge in [-0.05, 0) is 13.3 Å². The Balaban J connectivity index is 2.19. The lowest BCUT2D eigenvalue weighted by atomic mass is 9.90. The van der Waals surface area contributed by atoms with Gasteiger partial charge in [-0.2, -0.15) is 0 Å². The van der Waals surface area contributed by atoms with Gasteiger partial charge in [0.25, 0.3) is 0 Å². The van der Waals surface area contributed by atoms with E-state index in [0.29, 0.717) is 35.9 Å². The molecule has 1 aromatic carbocycles. The summed E-state index contributed by atoms with van der Waals surface area (Å²) in [5.41, 5.74) is -0.497. The number of hydrogen-bond acceptors (Lipinski definition) is 5. The highest BCUT2D eigenvalue weighted by molar-refractivity contribution is 5.92. The number of amides is 2. The number of carboxylic acid groups (broad SMARTS) is 1. The Hall–Kier alpha value is -2.64. The summed E-state index contributed by atoms with van der Waals surface area (Å²) >= 11 is 0. The number of likely N-dealkylation sites (tertiary alicyclic amines) is 1. The van der Waals surface area contributed by atoms with E-state index in [1.54, 1.807) is 19.1 Å². The minimum Gasteiger partial charge on any atom is -0.494 e. The first-order valence-corrected chi connectivity index (χ1v) is 7.44. The van der Waals surface area contributed by atoms with E-state index < -0.39 is 11.4 Å². The summed E-state index contributed by atoms with van der Waals surface area (Å²) in [4.78, 5) is 25.2. The lowest BCUT2D eigenvalue weighted by Gasteiger charge is -2.21. The van der Waals surface area contributed by atoms with Crippen molar-refractivity contribution >= 4 is 17.7 Å². The molecule has 0 saturated carbocycles.